The number of nitriles is 1. The molecule has 3 N–H and O–H groups in total. The normalized spacial score (nSPS) is 13.0. The molecule has 2 aromatic heterocycles. The van der Waals surface area contributed by atoms with Crippen LogP contribution in [0.25, 0.3) is 11.4 Å². The number of rotatable bonds is 5. The molecule has 0 bridgehead atoms. The Morgan fingerprint density at radius 2 is 2.13 bits per heavy atom. The van der Waals surface area contributed by atoms with Crippen LogP contribution < -0.4 is 11.2 Å². The standard InChI is InChI=1S/C19H16Cl2N6OS2/c20-10-5-6-12(14(21)7-10)17-25-26-19(27(17)23)29-9-16(28)24-18-13(8-22)11-3-1-2-4-15(11)30-18/h5-7H,1-4,9,23H2,(H,24,28). The molecule has 0 aliphatic heterocycles. The third-order valence-corrected chi connectivity index (χ3v) is 7.40. The monoisotopic (exact) mass is 478 g/mol. The van der Waals surface area contributed by atoms with Gasteiger partial charge in [-0.2, -0.15) is 5.26 Å². The fourth-order valence-electron chi connectivity index (χ4n) is 3.29. The molecule has 0 atom stereocenters. The van der Waals surface area contributed by atoms with E-state index in [4.69, 9.17) is 29.0 Å². The van der Waals surface area contributed by atoms with Crippen molar-refractivity contribution in [3.05, 3.63) is 44.2 Å². The summed E-state index contributed by atoms with van der Waals surface area (Å²) in [7, 11) is 0. The van der Waals surface area contributed by atoms with Crippen molar-refractivity contribution in [2.24, 2.45) is 0 Å². The zero-order valence-electron chi connectivity index (χ0n) is 15.6. The molecule has 1 aliphatic carbocycles. The third kappa shape index (κ3) is 4.14. The lowest BCUT2D eigenvalue weighted by Crippen LogP contribution is -2.16. The van der Waals surface area contributed by atoms with Gasteiger partial charge in [0.2, 0.25) is 11.1 Å². The quantitative estimate of drug-likeness (QED) is 0.412. The van der Waals surface area contributed by atoms with Crippen molar-refractivity contribution in [3.8, 4) is 17.5 Å². The number of aromatic nitrogens is 3. The number of nitrogen functional groups attached to an aromatic ring is 1. The molecular weight excluding hydrogens is 463 g/mol. The van der Waals surface area contributed by atoms with E-state index in [1.807, 2.05) is 0 Å². The number of benzene rings is 1. The largest absolute Gasteiger partial charge is 0.335 e. The number of carbonyl (C=O) groups excluding carboxylic acids is 1. The minimum atomic E-state index is -0.232. The number of halogens is 2. The molecule has 0 spiro atoms. The SMILES string of the molecule is N#Cc1c(NC(=O)CSc2nnc(-c3ccc(Cl)cc3Cl)n2N)sc2c1CCCC2. The summed E-state index contributed by atoms with van der Waals surface area (Å²) >= 11 is 14.8. The summed E-state index contributed by atoms with van der Waals surface area (Å²) in [6.07, 6.45) is 4.05. The Kier molecular flexibility index (Phi) is 6.20. The fraction of sp³-hybridized carbons (Fsp3) is 0.263. The van der Waals surface area contributed by atoms with E-state index in [0.717, 1.165) is 43.0 Å². The number of carbonyl (C=O) groups is 1. The van der Waals surface area contributed by atoms with Crippen molar-refractivity contribution in [2.75, 3.05) is 16.9 Å². The van der Waals surface area contributed by atoms with E-state index < -0.39 is 0 Å². The topological polar surface area (TPSA) is 110 Å². The average Bonchev–Trinajstić information content (AvgIpc) is 3.26. The van der Waals surface area contributed by atoms with Crippen LogP contribution in [0.15, 0.2) is 23.4 Å². The third-order valence-electron chi connectivity index (χ3n) is 4.70. The highest BCUT2D eigenvalue weighted by Crippen LogP contribution is 2.37. The van der Waals surface area contributed by atoms with Crippen molar-refractivity contribution < 1.29 is 4.79 Å². The number of thioether (sulfide) groups is 1. The number of nitrogens with zero attached hydrogens (tertiary/aromatic N) is 4. The van der Waals surface area contributed by atoms with Crippen LogP contribution in [-0.4, -0.2) is 26.5 Å². The summed E-state index contributed by atoms with van der Waals surface area (Å²) in [6.45, 7) is 0. The van der Waals surface area contributed by atoms with Crippen LogP contribution in [0.5, 0.6) is 0 Å². The minimum absolute atomic E-state index is 0.0805. The van der Waals surface area contributed by atoms with Crippen LogP contribution in [0, 0.1) is 11.3 Å². The summed E-state index contributed by atoms with van der Waals surface area (Å²) in [6, 6.07) is 7.24. The van der Waals surface area contributed by atoms with Crippen molar-refractivity contribution in [3.63, 3.8) is 0 Å². The number of amides is 1. The summed E-state index contributed by atoms with van der Waals surface area (Å²) in [5.41, 5.74) is 2.27. The summed E-state index contributed by atoms with van der Waals surface area (Å²) < 4.78 is 1.29. The van der Waals surface area contributed by atoms with Gasteiger partial charge < -0.3 is 11.2 Å². The number of nitrogens with two attached hydrogens (primary N) is 1. The van der Waals surface area contributed by atoms with Crippen molar-refractivity contribution in [1.29, 1.82) is 5.26 Å². The van der Waals surface area contributed by atoms with E-state index in [2.05, 4.69) is 21.6 Å². The number of fused-ring (bicyclic) bond motifs is 1. The Labute approximate surface area is 191 Å². The number of hydrogen-bond donors (Lipinski definition) is 2. The lowest BCUT2D eigenvalue weighted by molar-refractivity contribution is -0.113. The molecule has 1 amide bonds. The highest BCUT2D eigenvalue weighted by molar-refractivity contribution is 7.99. The van der Waals surface area contributed by atoms with Crippen molar-refractivity contribution in [2.45, 2.75) is 30.8 Å². The molecule has 11 heteroatoms. The van der Waals surface area contributed by atoms with E-state index in [1.54, 1.807) is 18.2 Å². The molecule has 4 rings (SSSR count). The van der Waals surface area contributed by atoms with Crippen molar-refractivity contribution >= 4 is 57.2 Å². The molecule has 7 nitrogen and oxygen atoms in total. The minimum Gasteiger partial charge on any atom is -0.335 e. The van der Waals surface area contributed by atoms with E-state index >= 15 is 0 Å². The maximum absolute atomic E-state index is 12.5. The van der Waals surface area contributed by atoms with E-state index in [9.17, 15) is 10.1 Å². The zero-order chi connectivity index (χ0) is 21.3. The van der Waals surface area contributed by atoms with Gasteiger partial charge in [-0.3, -0.25) is 4.79 Å². The molecule has 1 aliphatic rings. The number of anilines is 1. The molecular formula is C19H16Cl2N6OS2. The summed E-state index contributed by atoms with van der Waals surface area (Å²) in [5, 5.41) is 22.4. The van der Waals surface area contributed by atoms with E-state index in [1.165, 1.54) is 20.9 Å². The van der Waals surface area contributed by atoms with Gasteiger partial charge in [0.15, 0.2) is 5.82 Å². The van der Waals surface area contributed by atoms with Gasteiger partial charge >= 0.3 is 0 Å². The Morgan fingerprint density at radius 1 is 1.33 bits per heavy atom. The van der Waals surface area contributed by atoms with Crippen LogP contribution in [0.3, 0.4) is 0 Å². The van der Waals surface area contributed by atoms with Gasteiger partial charge in [-0.05, 0) is 49.4 Å². The van der Waals surface area contributed by atoms with E-state index in [0.29, 0.717) is 37.2 Å². The molecule has 0 fully saturated rings. The molecule has 0 unspecified atom stereocenters. The second kappa shape index (κ2) is 8.86. The number of thiophene rings is 1. The molecule has 0 saturated carbocycles. The Morgan fingerprint density at radius 3 is 2.90 bits per heavy atom. The highest BCUT2D eigenvalue weighted by Gasteiger charge is 2.22. The van der Waals surface area contributed by atoms with Gasteiger partial charge in [-0.25, -0.2) is 4.68 Å². The highest BCUT2D eigenvalue weighted by atomic mass is 35.5. The number of hydrogen-bond acceptors (Lipinski definition) is 7. The lowest BCUT2D eigenvalue weighted by atomic mass is 9.96. The lowest BCUT2D eigenvalue weighted by Gasteiger charge is -2.09. The Balaban J connectivity index is 1.45. The molecule has 0 radical (unpaired) electrons. The van der Waals surface area contributed by atoms with Gasteiger partial charge in [0, 0.05) is 15.5 Å². The van der Waals surface area contributed by atoms with Gasteiger partial charge in [-0.1, -0.05) is 35.0 Å². The molecule has 154 valence electrons. The maximum Gasteiger partial charge on any atom is 0.235 e. The number of nitrogens with one attached hydrogen (secondary N) is 1. The predicted octanol–water partition coefficient (Wildman–Crippen LogP) is 4.51. The summed E-state index contributed by atoms with van der Waals surface area (Å²) in [4.78, 5) is 13.7. The smallest absolute Gasteiger partial charge is 0.235 e. The Bertz CT molecular complexity index is 1170. The average molecular weight is 479 g/mol. The van der Waals surface area contributed by atoms with Crippen LogP contribution in [0.1, 0.15) is 28.8 Å². The molecule has 3 aromatic rings. The summed E-state index contributed by atoms with van der Waals surface area (Å²) in [5.74, 6) is 6.32. The Hall–Kier alpha value is -2.25. The number of aryl methyl sites for hydroxylation is 1. The van der Waals surface area contributed by atoms with E-state index in [-0.39, 0.29) is 11.7 Å². The predicted molar refractivity (Wildman–Crippen MR) is 121 cm³/mol. The molecule has 2 heterocycles. The first-order valence-electron chi connectivity index (χ1n) is 9.11. The van der Waals surface area contributed by atoms with Gasteiger partial charge in [-0.15, -0.1) is 21.5 Å². The van der Waals surface area contributed by atoms with Crippen LogP contribution in [0.4, 0.5) is 5.00 Å². The second-order valence-electron chi connectivity index (χ2n) is 6.66. The fourth-order valence-corrected chi connectivity index (χ4v) is 5.70. The second-order valence-corrected chi connectivity index (χ2v) is 9.56. The van der Waals surface area contributed by atoms with Crippen LogP contribution >= 0.6 is 46.3 Å². The van der Waals surface area contributed by atoms with Gasteiger partial charge in [0.25, 0.3) is 0 Å². The van der Waals surface area contributed by atoms with Crippen LogP contribution in [-0.2, 0) is 17.6 Å². The van der Waals surface area contributed by atoms with Gasteiger partial charge in [0.05, 0.1) is 16.3 Å². The first kappa shape index (κ1) is 21.0. The molecule has 0 saturated heterocycles. The first-order valence-corrected chi connectivity index (χ1v) is 11.7. The maximum atomic E-state index is 12.5. The molecule has 30 heavy (non-hydrogen) atoms. The van der Waals surface area contributed by atoms with Crippen molar-refractivity contribution in [1.82, 2.24) is 14.9 Å². The molecule has 1 aromatic carbocycles. The zero-order valence-corrected chi connectivity index (χ0v) is 18.8. The van der Waals surface area contributed by atoms with Crippen LogP contribution in [0.2, 0.25) is 10.0 Å². The van der Waals surface area contributed by atoms with Gasteiger partial charge in [0.1, 0.15) is 11.1 Å². The first-order chi connectivity index (χ1) is 14.5.